The summed E-state index contributed by atoms with van der Waals surface area (Å²) in [7, 11) is 0. The van der Waals surface area contributed by atoms with Gasteiger partial charge in [-0.05, 0) is 42.2 Å². The third-order valence-electron chi connectivity index (χ3n) is 4.31. The van der Waals surface area contributed by atoms with E-state index in [1.807, 2.05) is 30.7 Å². The van der Waals surface area contributed by atoms with E-state index in [-0.39, 0.29) is 0 Å². The van der Waals surface area contributed by atoms with E-state index in [9.17, 15) is 0 Å². The van der Waals surface area contributed by atoms with Crippen LogP contribution >= 0.6 is 11.6 Å². The number of imidazole rings is 1. The number of aromatic nitrogens is 2. The SMILES string of the molecule is CCNC(=NCc1ccc(Cn2ccnc2)cc1)NCCc1cccc(Cl)c1. The van der Waals surface area contributed by atoms with E-state index < -0.39 is 0 Å². The lowest BCUT2D eigenvalue weighted by Gasteiger charge is -2.11. The number of halogens is 1. The fourth-order valence-corrected chi connectivity index (χ4v) is 3.08. The first-order valence-electron chi connectivity index (χ1n) is 9.53. The molecule has 146 valence electrons. The molecule has 0 saturated carbocycles. The topological polar surface area (TPSA) is 54.2 Å². The summed E-state index contributed by atoms with van der Waals surface area (Å²) in [6.45, 7) is 5.16. The summed E-state index contributed by atoms with van der Waals surface area (Å²) < 4.78 is 2.06. The molecule has 3 rings (SSSR count). The molecule has 0 atom stereocenters. The predicted octanol–water partition coefficient (Wildman–Crippen LogP) is 3.88. The van der Waals surface area contributed by atoms with Crippen molar-refractivity contribution in [2.75, 3.05) is 13.1 Å². The standard InChI is InChI=1S/C22H26ClN5/c1-2-25-22(26-11-10-18-4-3-5-21(23)14-18)27-15-19-6-8-20(9-7-19)16-28-13-12-24-17-28/h3-9,12-14,17H,2,10-11,15-16H2,1H3,(H2,25,26,27). The Balaban J connectivity index is 1.51. The highest BCUT2D eigenvalue weighted by Gasteiger charge is 2.00. The average Bonchev–Trinajstić information content (AvgIpc) is 3.20. The molecule has 0 fully saturated rings. The van der Waals surface area contributed by atoms with E-state index in [1.54, 1.807) is 6.20 Å². The second-order valence-corrected chi connectivity index (χ2v) is 6.99. The number of nitrogens with zero attached hydrogens (tertiary/aromatic N) is 3. The number of rotatable bonds is 8. The molecule has 0 aliphatic carbocycles. The quantitative estimate of drug-likeness (QED) is 0.449. The minimum absolute atomic E-state index is 0.637. The molecule has 2 aromatic carbocycles. The van der Waals surface area contributed by atoms with E-state index in [0.29, 0.717) is 6.54 Å². The van der Waals surface area contributed by atoms with Crippen molar-refractivity contribution in [3.05, 3.63) is 89.0 Å². The molecule has 0 radical (unpaired) electrons. The third kappa shape index (κ3) is 6.43. The summed E-state index contributed by atoms with van der Waals surface area (Å²) in [4.78, 5) is 8.77. The van der Waals surface area contributed by atoms with Crippen molar-refractivity contribution in [2.45, 2.75) is 26.4 Å². The molecule has 0 amide bonds. The second kappa shape index (κ2) is 10.5. The summed E-state index contributed by atoms with van der Waals surface area (Å²) >= 11 is 6.04. The van der Waals surface area contributed by atoms with Crippen molar-refractivity contribution in [1.29, 1.82) is 0 Å². The van der Waals surface area contributed by atoms with Gasteiger partial charge in [-0.15, -0.1) is 0 Å². The number of aliphatic imine (C=N–C) groups is 1. The summed E-state index contributed by atoms with van der Waals surface area (Å²) in [5.41, 5.74) is 3.64. The monoisotopic (exact) mass is 395 g/mol. The predicted molar refractivity (Wildman–Crippen MR) is 116 cm³/mol. The van der Waals surface area contributed by atoms with Crippen LogP contribution in [0.15, 0.2) is 72.2 Å². The van der Waals surface area contributed by atoms with Crippen LogP contribution in [-0.4, -0.2) is 28.6 Å². The molecule has 3 aromatic rings. The van der Waals surface area contributed by atoms with E-state index in [1.165, 1.54) is 16.7 Å². The summed E-state index contributed by atoms with van der Waals surface area (Å²) in [6.07, 6.45) is 6.49. The molecule has 1 heterocycles. The first kappa shape index (κ1) is 20.0. The van der Waals surface area contributed by atoms with Crippen LogP contribution in [0.2, 0.25) is 5.02 Å². The number of benzene rings is 2. The summed E-state index contributed by atoms with van der Waals surface area (Å²) in [5, 5.41) is 7.45. The van der Waals surface area contributed by atoms with Gasteiger partial charge in [-0.25, -0.2) is 9.98 Å². The molecule has 0 saturated heterocycles. The zero-order chi connectivity index (χ0) is 19.6. The van der Waals surface area contributed by atoms with Gasteiger partial charge in [0, 0.05) is 37.1 Å². The van der Waals surface area contributed by atoms with Crippen molar-refractivity contribution in [2.24, 2.45) is 4.99 Å². The Bertz CT molecular complexity index is 872. The molecule has 28 heavy (non-hydrogen) atoms. The highest BCUT2D eigenvalue weighted by Crippen LogP contribution is 2.11. The fraction of sp³-hybridized carbons (Fsp3) is 0.273. The normalized spacial score (nSPS) is 11.4. The van der Waals surface area contributed by atoms with Gasteiger partial charge in [0.1, 0.15) is 0 Å². The Morgan fingerprint density at radius 2 is 1.89 bits per heavy atom. The van der Waals surface area contributed by atoms with Crippen LogP contribution in [0.25, 0.3) is 0 Å². The number of hydrogen-bond acceptors (Lipinski definition) is 2. The molecule has 2 N–H and O–H groups in total. The van der Waals surface area contributed by atoms with Crippen molar-refractivity contribution in [3.63, 3.8) is 0 Å². The Labute approximate surface area is 171 Å². The van der Waals surface area contributed by atoms with Crippen molar-refractivity contribution < 1.29 is 0 Å². The second-order valence-electron chi connectivity index (χ2n) is 6.55. The van der Waals surface area contributed by atoms with Gasteiger partial charge in [0.15, 0.2) is 5.96 Å². The van der Waals surface area contributed by atoms with Gasteiger partial charge >= 0.3 is 0 Å². The average molecular weight is 396 g/mol. The van der Waals surface area contributed by atoms with Crippen molar-refractivity contribution in [3.8, 4) is 0 Å². The molecular weight excluding hydrogens is 370 g/mol. The molecule has 0 aliphatic heterocycles. The molecule has 0 spiro atoms. The van der Waals surface area contributed by atoms with Crippen LogP contribution in [-0.2, 0) is 19.5 Å². The maximum absolute atomic E-state index is 6.04. The van der Waals surface area contributed by atoms with Gasteiger partial charge in [0.05, 0.1) is 12.9 Å². The minimum atomic E-state index is 0.637. The smallest absolute Gasteiger partial charge is 0.191 e. The van der Waals surface area contributed by atoms with Gasteiger partial charge in [-0.2, -0.15) is 0 Å². The fourth-order valence-electron chi connectivity index (χ4n) is 2.87. The maximum atomic E-state index is 6.04. The molecule has 0 unspecified atom stereocenters. The van der Waals surface area contributed by atoms with Crippen LogP contribution in [0.3, 0.4) is 0 Å². The summed E-state index contributed by atoms with van der Waals surface area (Å²) in [5.74, 6) is 0.826. The first-order chi connectivity index (χ1) is 13.7. The van der Waals surface area contributed by atoms with Crippen LogP contribution in [0.4, 0.5) is 0 Å². The Hall–Kier alpha value is -2.79. The zero-order valence-electron chi connectivity index (χ0n) is 16.1. The van der Waals surface area contributed by atoms with Crippen molar-refractivity contribution >= 4 is 17.6 Å². The largest absolute Gasteiger partial charge is 0.357 e. The molecule has 0 aliphatic rings. The third-order valence-corrected chi connectivity index (χ3v) is 4.54. The van der Waals surface area contributed by atoms with Crippen LogP contribution in [0.1, 0.15) is 23.6 Å². The Kier molecular flexibility index (Phi) is 7.50. The molecule has 0 bridgehead atoms. The molecule has 5 nitrogen and oxygen atoms in total. The van der Waals surface area contributed by atoms with E-state index in [2.05, 4.69) is 57.4 Å². The lowest BCUT2D eigenvalue weighted by atomic mass is 10.1. The molecular formula is C22H26ClN5. The maximum Gasteiger partial charge on any atom is 0.191 e. The van der Waals surface area contributed by atoms with E-state index in [4.69, 9.17) is 16.6 Å². The van der Waals surface area contributed by atoms with E-state index >= 15 is 0 Å². The lowest BCUT2D eigenvalue weighted by molar-refractivity contribution is 0.794. The van der Waals surface area contributed by atoms with Gasteiger partial charge in [-0.1, -0.05) is 48.0 Å². The van der Waals surface area contributed by atoms with Crippen LogP contribution in [0, 0.1) is 0 Å². The first-order valence-corrected chi connectivity index (χ1v) is 9.91. The zero-order valence-corrected chi connectivity index (χ0v) is 16.9. The Morgan fingerprint density at radius 1 is 1.07 bits per heavy atom. The van der Waals surface area contributed by atoms with Crippen LogP contribution < -0.4 is 10.6 Å². The lowest BCUT2D eigenvalue weighted by Crippen LogP contribution is -2.38. The van der Waals surface area contributed by atoms with Gasteiger partial charge in [-0.3, -0.25) is 0 Å². The highest BCUT2D eigenvalue weighted by molar-refractivity contribution is 6.30. The molecule has 6 heteroatoms. The minimum Gasteiger partial charge on any atom is -0.357 e. The van der Waals surface area contributed by atoms with Crippen molar-refractivity contribution in [1.82, 2.24) is 20.2 Å². The number of guanidine groups is 1. The van der Waals surface area contributed by atoms with Gasteiger partial charge < -0.3 is 15.2 Å². The molecule has 1 aromatic heterocycles. The van der Waals surface area contributed by atoms with Gasteiger partial charge in [0.2, 0.25) is 0 Å². The van der Waals surface area contributed by atoms with E-state index in [0.717, 1.165) is 37.0 Å². The number of nitrogens with one attached hydrogen (secondary N) is 2. The Morgan fingerprint density at radius 3 is 2.61 bits per heavy atom. The van der Waals surface area contributed by atoms with Crippen LogP contribution in [0.5, 0.6) is 0 Å². The van der Waals surface area contributed by atoms with Gasteiger partial charge in [0.25, 0.3) is 0 Å². The highest BCUT2D eigenvalue weighted by atomic mass is 35.5. The number of hydrogen-bond donors (Lipinski definition) is 2. The summed E-state index contributed by atoms with van der Waals surface area (Å²) in [6, 6.07) is 16.5.